The van der Waals surface area contributed by atoms with Crippen molar-refractivity contribution in [3.8, 4) is 0 Å². The molecule has 3 aliphatic rings. The predicted molar refractivity (Wildman–Crippen MR) is 108 cm³/mol. The average molecular weight is 393 g/mol. The quantitative estimate of drug-likeness (QED) is 0.710. The van der Waals surface area contributed by atoms with Crippen LogP contribution in [0.1, 0.15) is 58.3 Å². The van der Waals surface area contributed by atoms with Gasteiger partial charge in [-0.25, -0.2) is 0 Å². The second-order valence-corrected chi connectivity index (χ2v) is 8.62. The molecule has 3 rings (SSSR count). The van der Waals surface area contributed by atoms with Gasteiger partial charge in [0.2, 0.25) is 17.7 Å². The Balaban J connectivity index is 1.46. The van der Waals surface area contributed by atoms with E-state index < -0.39 is 0 Å². The standard InChI is InChI=1S/C21H36N4O3/c1-2-6-19(26)24-11-5-8-17(15-24)21(28)25-12-4-7-16(14-25)13-23-20(27)18-9-3-10-22-18/h16-18,22H,2-15H2,1H3,(H,23,27). The first kappa shape index (κ1) is 21.1. The molecule has 3 heterocycles. The molecule has 28 heavy (non-hydrogen) atoms. The Kier molecular flexibility index (Phi) is 7.71. The summed E-state index contributed by atoms with van der Waals surface area (Å²) in [6.45, 7) is 6.45. The third-order valence-electron chi connectivity index (χ3n) is 6.36. The van der Waals surface area contributed by atoms with E-state index >= 15 is 0 Å². The molecule has 158 valence electrons. The van der Waals surface area contributed by atoms with Crippen LogP contribution in [-0.4, -0.2) is 72.8 Å². The Hall–Kier alpha value is -1.63. The monoisotopic (exact) mass is 392 g/mol. The van der Waals surface area contributed by atoms with Crippen LogP contribution in [-0.2, 0) is 14.4 Å². The van der Waals surface area contributed by atoms with Gasteiger partial charge in [-0.05, 0) is 57.4 Å². The maximum Gasteiger partial charge on any atom is 0.237 e. The van der Waals surface area contributed by atoms with Crippen molar-refractivity contribution in [2.24, 2.45) is 11.8 Å². The van der Waals surface area contributed by atoms with Crippen molar-refractivity contribution in [2.45, 2.75) is 64.3 Å². The molecule has 0 radical (unpaired) electrons. The van der Waals surface area contributed by atoms with Gasteiger partial charge in [-0.2, -0.15) is 0 Å². The van der Waals surface area contributed by atoms with E-state index in [-0.39, 0.29) is 29.7 Å². The molecular formula is C21H36N4O3. The number of likely N-dealkylation sites (tertiary alicyclic amines) is 2. The summed E-state index contributed by atoms with van der Waals surface area (Å²) < 4.78 is 0. The van der Waals surface area contributed by atoms with Gasteiger partial charge in [0, 0.05) is 39.1 Å². The van der Waals surface area contributed by atoms with Crippen molar-refractivity contribution in [2.75, 3.05) is 39.3 Å². The molecule has 0 aromatic rings. The maximum atomic E-state index is 13.1. The van der Waals surface area contributed by atoms with Crippen molar-refractivity contribution in [1.29, 1.82) is 0 Å². The summed E-state index contributed by atoms with van der Waals surface area (Å²) in [6.07, 6.45) is 7.21. The average Bonchev–Trinajstić information content (AvgIpc) is 3.27. The van der Waals surface area contributed by atoms with Gasteiger partial charge in [0.1, 0.15) is 0 Å². The zero-order valence-corrected chi connectivity index (χ0v) is 17.3. The Bertz CT molecular complexity index is 562. The highest BCUT2D eigenvalue weighted by atomic mass is 16.2. The SMILES string of the molecule is CCCC(=O)N1CCCC(C(=O)N2CCCC(CNC(=O)C3CCCN3)C2)C1. The fraction of sp³-hybridized carbons (Fsp3) is 0.857. The van der Waals surface area contributed by atoms with Crippen LogP contribution in [0.3, 0.4) is 0 Å². The van der Waals surface area contributed by atoms with Crippen LogP contribution >= 0.6 is 0 Å². The summed E-state index contributed by atoms with van der Waals surface area (Å²) in [6, 6.07) is -0.0461. The predicted octanol–water partition coefficient (Wildman–Crippen LogP) is 1.13. The van der Waals surface area contributed by atoms with Crippen LogP contribution in [0.15, 0.2) is 0 Å². The Morgan fingerprint density at radius 3 is 2.54 bits per heavy atom. The first-order chi connectivity index (χ1) is 13.6. The Morgan fingerprint density at radius 2 is 1.79 bits per heavy atom. The molecule has 3 aliphatic heterocycles. The lowest BCUT2D eigenvalue weighted by Gasteiger charge is -2.38. The number of hydrogen-bond donors (Lipinski definition) is 2. The van der Waals surface area contributed by atoms with Gasteiger partial charge >= 0.3 is 0 Å². The Morgan fingerprint density at radius 1 is 1.00 bits per heavy atom. The van der Waals surface area contributed by atoms with E-state index in [0.29, 0.717) is 25.4 Å². The summed E-state index contributed by atoms with van der Waals surface area (Å²) in [5.74, 6) is 0.732. The van der Waals surface area contributed by atoms with Crippen LogP contribution in [0.4, 0.5) is 0 Å². The summed E-state index contributed by atoms with van der Waals surface area (Å²) in [5.41, 5.74) is 0. The number of piperidine rings is 2. The van der Waals surface area contributed by atoms with E-state index in [1.165, 1.54) is 0 Å². The summed E-state index contributed by atoms with van der Waals surface area (Å²) in [5, 5.41) is 6.30. The first-order valence-electron chi connectivity index (χ1n) is 11.2. The minimum absolute atomic E-state index is 0.0461. The number of hydrogen-bond acceptors (Lipinski definition) is 4. The number of nitrogens with zero attached hydrogens (tertiary/aromatic N) is 2. The molecule has 0 spiro atoms. The molecule has 7 heteroatoms. The second-order valence-electron chi connectivity index (χ2n) is 8.62. The van der Waals surface area contributed by atoms with Crippen molar-refractivity contribution in [1.82, 2.24) is 20.4 Å². The van der Waals surface area contributed by atoms with Crippen LogP contribution in [0.5, 0.6) is 0 Å². The molecule has 3 fully saturated rings. The van der Waals surface area contributed by atoms with E-state index in [1.807, 2.05) is 16.7 Å². The van der Waals surface area contributed by atoms with Crippen LogP contribution in [0.2, 0.25) is 0 Å². The molecule has 0 aliphatic carbocycles. The third-order valence-corrected chi connectivity index (χ3v) is 6.36. The van der Waals surface area contributed by atoms with Gasteiger partial charge in [-0.1, -0.05) is 6.92 Å². The number of amides is 3. The van der Waals surface area contributed by atoms with E-state index in [2.05, 4.69) is 10.6 Å². The van der Waals surface area contributed by atoms with Crippen molar-refractivity contribution < 1.29 is 14.4 Å². The minimum atomic E-state index is -0.0643. The van der Waals surface area contributed by atoms with Gasteiger partial charge in [-0.3, -0.25) is 14.4 Å². The highest BCUT2D eigenvalue weighted by molar-refractivity contribution is 5.82. The van der Waals surface area contributed by atoms with Gasteiger partial charge in [0.05, 0.1) is 12.0 Å². The molecule has 7 nitrogen and oxygen atoms in total. The smallest absolute Gasteiger partial charge is 0.237 e. The number of nitrogens with one attached hydrogen (secondary N) is 2. The lowest BCUT2D eigenvalue weighted by Crippen LogP contribution is -2.50. The highest BCUT2D eigenvalue weighted by Gasteiger charge is 2.33. The third kappa shape index (κ3) is 5.46. The molecule has 0 aromatic carbocycles. The van der Waals surface area contributed by atoms with E-state index in [9.17, 15) is 14.4 Å². The van der Waals surface area contributed by atoms with Crippen LogP contribution < -0.4 is 10.6 Å². The normalized spacial score (nSPS) is 28.2. The zero-order valence-electron chi connectivity index (χ0n) is 17.3. The summed E-state index contributed by atoms with van der Waals surface area (Å²) in [7, 11) is 0. The van der Waals surface area contributed by atoms with Crippen LogP contribution in [0.25, 0.3) is 0 Å². The fourth-order valence-corrected chi connectivity index (χ4v) is 4.74. The van der Waals surface area contributed by atoms with Gasteiger partial charge < -0.3 is 20.4 Å². The number of carbonyl (C=O) groups excluding carboxylic acids is 3. The molecule has 3 unspecified atom stereocenters. The molecule has 0 saturated carbocycles. The van der Waals surface area contributed by atoms with Gasteiger partial charge in [-0.15, -0.1) is 0 Å². The van der Waals surface area contributed by atoms with Gasteiger partial charge in [0.15, 0.2) is 0 Å². The minimum Gasteiger partial charge on any atom is -0.354 e. The molecule has 0 bridgehead atoms. The number of carbonyl (C=O) groups is 3. The van der Waals surface area contributed by atoms with Gasteiger partial charge in [0.25, 0.3) is 0 Å². The van der Waals surface area contributed by atoms with Crippen molar-refractivity contribution in [3.05, 3.63) is 0 Å². The maximum absolute atomic E-state index is 13.1. The topological polar surface area (TPSA) is 81.8 Å². The molecular weight excluding hydrogens is 356 g/mol. The zero-order chi connectivity index (χ0) is 19.9. The van der Waals surface area contributed by atoms with E-state index in [1.54, 1.807) is 0 Å². The lowest BCUT2D eigenvalue weighted by atomic mass is 9.92. The van der Waals surface area contributed by atoms with Crippen molar-refractivity contribution >= 4 is 17.7 Å². The molecule has 3 atom stereocenters. The second kappa shape index (κ2) is 10.2. The van der Waals surface area contributed by atoms with E-state index in [4.69, 9.17) is 0 Å². The Labute approximate surface area is 168 Å². The summed E-state index contributed by atoms with van der Waals surface area (Å²) in [4.78, 5) is 41.3. The largest absolute Gasteiger partial charge is 0.354 e. The van der Waals surface area contributed by atoms with Crippen LogP contribution in [0, 0.1) is 11.8 Å². The summed E-state index contributed by atoms with van der Waals surface area (Å²) >= 11 is 0. The molecule has 3 amide bonds. The number of rotatable bonds is 6. The van der Waals surface area contributed by atoms with E-state index in [0.717, 1.165) is 71.1 Å². The molecule has 3 saturated heterocycles. The first-order valence-corrected chi connectivity index (χ1v) is 11.2. The lowest BCUT2D eigenvalue weighted by molar-refractivity contribution is -0.142. The molecule has 0 aromatic heterocycles. The molecule has 2 N–H and O–H groups in total. The fourth-order valence-electron chi connectivity index (χ4n) is 4.74. The highest BCUT2D eigenvalue weighted by Crippen LogP contribution is 2.23. The van der Waals surface area contributed by atoms with Crippen molar-refractivity contribution in [3.63, 3.8) is 0 Å².